The summed E-state index contributed by atoms with van der Waals surface area (Å²) in [5, 5.41) is 13.3. The Morgan fingerprint density at radius 2 is 2.24 bits per heavy atom. The van der Waals surface area contributed by atoms with Gasteiger partial charge in [0.25, 0.3) is 0 Å². The molecule has 0 aliphatic rings. The molecule has 0 amide bonds. The van der Waals surface area contributed by atoms with Gasteiger partial charge >= 0.3 is 0 Å². The molecule has 1 aromatic rings. The number of likely N-dealkylation sites (N-methyl/N-ethyl adjacent to an activating group) is 1. The number of aliphatic hydroxyl groups is 1. The van der Waals surface area contributed by atoms with Crippen LogP contribution in [0, 0.1) is 0 Å². The molecule has 0 bridgehead atoms. The SMILES string of the molecule is CN(C)CC(C)(O)CNCCc1nccn1C. The van der Waals surface area contributed by atoms with Crippen LogP contribution in [0.4, 0.5) is 0 Å². The highest BCUT2D eigenvalue weighted by atomic mass is 16.3. The highest BCUT2D eigenvalue weighted by Gasteiger charge is 2.20. The molecule has 2 N–H and O–H groups in total. The second kappa shape index (κ2) is 6.14. The van der Waals surface area contributed by atoms with Gasteiger partial charge in [0, 0.05) is 45.5 Å². The third-order valence-corrected chi connectivity index (χ3v) is 2.61. The van der Waals surface area contributed by atoms with Crippen LogP contribution in [0.2, 0.25) is 0 Å². The molecule has 0 fully saturated rings. The summed E-state index contributed by atoms with van der Waals surface area (Å²) in [4.78, 5) is 6.24. The fraction of sp³-hybridized carbons (Fsp3) is 0.750. The van der Waals surface area contributed by atoms with Gasteiger partial charge in [-0.15, -0.1) is 0 Å². The van der Waals surface area contributed by atoms with Crippen LogP contribution < -0.4 is 5.32 Å². The van der Waals surface area contributed by atoms with E-state index in [2.05, 4.69) is 10.3 Å². The highest BCUT2D eigenvalue weighted by molar-refractivity contribution is 4.91. The average Bonchev–Trinajstić information content (AvgIpc) is 2.57. The average molecular weight is 240 g/mol. The van der Waals surface area contributed by atoms with E-state index in [1.165, 1.54) is 0 Å². The third kappa shape index (κ3) is 5.30. The van der Waals surface area contributed by atoms with E-state index in [0.29, 0.717) is 13.1 Å². The number of hydrogen-bond acceptors (Lipinski definition) is 4. The topological polar surface area (TPSA) is 53.3 Å². The zero-order valence-corrected chi connectivity index (χ0v) is 11.3. The van der Waals surface area contributed by atoms with Crippen LogP contribution in [-0.2, 0) is 13.5 Å². The van der Waals surface area contributed by atoms with Crippen LogP contribution in [0.25, 0.3) is 0 Å². The van der Waals surface area contributed by atoms with E-state index in [4.69, 9.17) is 0 Å². The lowest BCUT2D eigenvalue weighted by Gasteiger charge is -2.27. The van der Waals surface area contributed by atoms with Gasteiger partial charge in [0.2, 0.25) is 0 Å². The third-order valence-electron chi connectivity index (χ3n) is 2.61. The first kappa shape index (κ1) is 14.2. The predicted octanol–water partition coefficient (Wildman–Crippen LogP) is -0.135. The molecule has 98 valence electrons. The largest absolute Gasteiger partial charge is 0.388 e. The Bertz CT molecular complexity index is 333. The minimum absolute atomic E-state index is 0.593. The number of aromatic nitrogens is 2. The zero-order chi connectivity index (χ0) is 12.9. The van der Waals surface area contributed by atoms with Gasteiger partial charge in [-0.3, -0.25) is 0 Å². The minimum Gasteiger partial charge on any atom is -0.388 e. The van der Waals surface area contributed by atoms with Gasteiger partial charge in [-0.05, 0) is 21.0 Å². The van der Waals surface area contributed by atoms with Crippen LogP contribution in [-0.4, -0.2) is 58.9 Å². The fourth-order valence-corrected chi connectivity index (χ4v) is 1.93. The standard InChI is InChI=1S/C12H24N4O/c1-12(17,10-15(2)3)9-13-6-5-11-14-7-8-16(11)4/h7-8,13,17H,5-6,9-10H2,1-4H3. The van der Waals surface area contributed by atoms with E-state index in [-0.39, 0.29) is 0 Å². The number of imidazole rings is 1. The van der Waals surface area contributed by atoms with Crippen molar-refractivity contribution in [1.82, 2.24) is 19.8 Å². The van der Waals surface area contributed by atoms with E-state index >= 15 is 0 Å². The molecule has 5 heteroatoms. The van der Waals surface area contributed by atoms with Crippen molar-refractivity contribution in [3.8, 4) is 0 Å². The molecule has 1 rings (SSSR count). The van der Waals surface area contributed by atoms with E-state index < -0.39 is 5.60 Å². The number of rotatable bonds is 7. The van der Waals surface area contributed by atoms with Crippen molar-refractivity contribution in [3.63, 3.8) is 0 Å². The normalized spacial score (nSPS) is 15.2. The molecule has 0 radical (unpaired) electrons. The van der Waals surface area contributed by atoms with Crippen molar-refractivity contribution in [2.75, 3.05) is 33.7 Å². The Labute approximate surface area is 103 Å². The molecule has 1 aromatic heterocycles. The van der Waals surface area contributed by atoms with Gasteiger partial charge in [-0.2, -0.15) is 0 Å². The smallest absolute Gasteiger partial charge is 0.109 e. The molecule has 0 spiro atoms. The maximum Gasteiger partial charge on any atom is 0.109 e. The second-order valence-electron chi connectivity index (χ2n) is 5.12. The van der Waals surface area contributed by atoms with Crippen molar-refractivity contribution in [1.29, 1.82) is 0 Å². The summed E-state index contributed by atoms with van der Waals surface area (Å²) in [6, 6.07) is 0. The van der Waals surface area contributed by atoms with Crippen LogP contribution in [0.15, 0.2) is 12.4 Å². The highest BCUT2D eigenvalue weighted by Crippen LogP contribution is 2.02. The molecule has 0 aromatic carbocycles. The Morgan fingerprint density at radius 1 is 1.53 bits per heavy atom. The number of nitrogens with zero attached hydrogens (tertiary/aromatic N) is 3. The Hall–Kier alpha value is -0.910. The summed E-state index contributed by atoms with van der Waals surface area (Å²) in [5.41, 5.74) is -0.689. The first-order valence-electron chi connectivity index (χ1n) is 5.95. The lowest BCUT2D eigenvalue weighted by molar-refractivity contribution is 0.0341. The van der Waals surface area contributed by atoms with Crippen molar-refractivity contribution < 1.29 is 5.11 Å². The van der Waals surface area contributed by atoms with Crippen LogP contribution in [0.3, 0.4) is 0 Å². The molecular formula is C12H24N4O. The molecule has 5 nitrogen and oxygen atoms in total. The Morgan fingerprint density at radius 3 is 2.76 bits per heavy atom. The number of hydrogen-bond donors (Lipinski definition) is 2. The van der Waals surface area contributed by atoms with Gasteiger partial charge in [0.1, 0.15) is 5.82 Å². The summed E-state index contributed by atoms with van der Waals surface area (Å²) in [6.07, 6.45) is 4.62. The lowest BCUT2D eigenvalue weighted by Crippen LogP contribution is -2.46. The van der Waals surface area contributed by atoms with E-state index in [1.54, 1.807) is 6.20 Å². The van der Waals surface area contributed by atoms with E-state index in [9.17, 15) is 5.11 Å². The van der Waals surface area contributed by atoms with E-state index in [0.717, 1.165) is 18.8 Å². The lowest BCUT2D eigenvalue weighted by atomic mass is 10.1. The molecular weight excluding hydrogens is 216 g/mol. The van der Waals surface area contributed by atoms with E-state index in [1.807, 2.05) is 43.7 Å². The summed E-state index contributed by atoms with van der Waals surface area (Å²) in [7, 11) is 5.91. The van der Waals surface area contributed by atoms with Gasteiger partial charge in [0.15, 0.2) is 0 Å². The molecule has 0 saturated carbocycles. The van der Waals surface area contributed by atoms with Gasteiger partial charge in [-0.25, -0.2) is 4.98 Å². The molecule has 1 heterocycles. The van der Waals surface area contributed by atoms with Gasteiger partial charge in [-0.1, -0.05) is 0 Å². The monoisotopic (exact) mass is 240 g/mol. The quantitative estimate of drug-likeness (QED) is 0.652. The Balaban J connectivity index is 2.22. The fourth-order valence-electron chi connectivity index (χ4n) is 1.93. The maximum atomic E-state index is 10.1. The van der Waals surface area contributed by atoms with Crippen molar-refractivity contribution in [2.24, 2.45) is 7.05 Å². The van der Waals surface area contributed by atoms with Crippen LogP contribution in [0.1, 0.15) is 12.7 Å². The van der Waals surface area contributed by atoms with Gasteiger partial charge in [0.05, 0.1) is 5.60 Å². The molecule has 0 aliphatic heterocycles. The predicted molar refractivity (Wildman–Crippen MR) is 69.0 cm³/mol. The summed E-state index contributed by atoms with van der Waals surface area (Å²) in [6.45, 7) is 3.92. The summed E-state index contributed by atoms with van der Waals surface area (Å²) < 4.78 is 2.01. The van der Waals surface area contributed by atoms with Crippen molar-refractivity contribution in [2.45, 2.75) is 18.9 Å². The molecule has 1 atom stereocenters. The van der Waals surface area contributed by atoms with Crippen LogP contribution in [0.5, 0.6) is 0 Å². The first-order valence-corrected chi connectivity index (χ1v) is 5.95. The molecule has 0 saturated heterocycles. The first-order chi connectivity index (χ1) is 7.91. The summed E-state index contributed by atoms with van der Waals surface area (Å²) >= 11 is 0. The van der Waals surface area contributed by atoms with Gasteiger partial charge < -0.3 is 19.9 Å². The second-order valence-corrected chi connectivity index (χ2v) is 5.12. The van der Waals surface area contributed by atoms with Crippen molar-refractivity contribution in [3.05, 3.63) is 18.2 Å². The Kier molecular flexibility index (Phi) is 5.11. The maximum absolute atomic E-state index is 10.1. The zero-order valence-electron chi connectivity index (χ0n) is 11.3. The van der Waals surface area contributed by atoms with Crippen LogP contribution >= 0.6 is 0 Å². The minimum atomic E-state index is -0.689. The molecule has 17 heavy (non-hydrogen) atoms. The number of nitrogens with one attached hydrogen (secondary N) is 1. The van der Waals surface area contributed by atoms with Crippen molar-refractivity contribution >= 4 is 0 Å². The number of aryl methyl sites for hydroxylation is 1. The molecule has 1 unspecified atom stereocenters. The summed E-state index contributed by atoms with van der Waals surface area (Å²) in [5.74, 6) is 1.06. The molecule has 0 aliphatic carbocycles.